The summed E-state index contributed by atoms with van der Waals surface area (Å²) in [6.45, 7) is -4.83. The van der Waals surface area contributed by atoms with Crippen LogP contribution in [0, 0.1) is 0 Å². The molecule has 0 spiro atoms. The standard InChI is InChI=1S/C31H53N3O49S8/c1-67-27-9(33-86(49,50)51)13(37)17(6(72-27)3-69-89(58,59)60)74-31-22(81-91(64,65)66)16(40)21(24(79-31)26(43)44)77-29-10(34-87(52,53)54)19(80-84-83-82-45)18(7(73-29)4-70-90(61,62)63)75-30-15(39)14(38)20(23(78-30)25(41)42)76-28-8(32-85(46,47)48)12(36)11(35)5(71-28)2-68-88(55,56)57/h5-24,27-40,45H,2-4H2,1H3,(H,41,42)(H,43,44)(H,46,47,48)(H,49,50,51)(H,52,53,54)(H,55,56,57)(H,58,59,60)(H,61,62,63)(H,64,65,66)/t5?,6?,7?,8?,9-,10-,11+,12+,13?,14+,15?,16+,17+,18+,19?,20-,21+,22?,23?,24?,27-,28+,29-,30+,31+/m0/s1. The van der Waals surface area contributed by atoms with E-state index in [4.69, 9.17) is 61.4 Å². The van der Waals surface area contributed by atoms with Crippen molar-refractivity contribution in [3.8, 4) is 0 Å². The molecule has 91 heavy (non-hydrogen) atoms. The van der Waals surface area contributed by atoms with E-state index in [9.17, 15) is 137 Å². The van der Waals surface area contributed by atoms with Gasteiger partial charge in [0.05, 0.1) is 19.8 Å². The molecule has 0 aliphatic carbocycles. The van der Waals surface area contributed by atoms with Crippen LogP contribution in [0.15, 0.2) is 0 Å². The van der Waals surface area contributed by atoms with Gasteiger partial charge in [0, 0.05) is 7.11 Å². The Morgan fingerprint density at radius 1 is 0.418 bits per heavy atom. The number of rotatable bonds is 32. The Morgan fingerprint density at radius 2 is 0.813 bits per heavy atom. The zero-order chi connectivity index (χ0) is 69.1. The van der Waals surface area contributed by atoms with Gasteiger partial charge in [0.2, 0.25) is 0 Å². The van der Waals surface area contributed by atoms with Gasteiger partial charge in [-0.1, -0.05) is 5.04 Å². The Morgan fingerprint density at radius 3 is 1.26 bits per heavy atom. The number of hydrogen-bond acceptors (Lipinski definition) is 41. The molecule has 5 aliphatic rings. The molecule has 5 heterocycles. The van der Waals surface area contributed by atoms with Crippen molar-refractivity contribution in [3.05, 3.63) is 0 Å². The quantitative estimate of drug-likeness (QED) is 0.00978. The number of ether oxygens (including phenoxy) is 10. The molecule has 10 unspecified atom stereocenters. The van der Waals surface area contributed by atoms with Gasteiger partial charge in [-0.2, -0.15) is 73.1 Å². The summed E-state index contributed by atoms with van der Waals surface area (Å²) in [5, 5.41) is 100. The van der Waals surface area contributed by atoms with Crippen molar-refractivity contribution >= 4 is 96.8 Å². The highest BCUT2D eigenvalue weighted by Gasteiger charge is 2.61. The van der Waals surface area contributed by atoms with Gasteiger partial charge in [0.25, 0.3) is 0 Å². The second-order valence-corrected chi connectivity index (χ2v) is 26.8. The lowest BCUT2D eigenvalue weighted by molar-refractivity contribution is -0.435. The van der Waals surface area contributed by atoms with Crippen LogP contribution in [0.1, 0.15) is 0 Å². The van der Waals surface area contributed by atoms with Crippen LogP contribution in [0.25, 0.3) is 0 Å². The molecule has 5 aliphatic heterocycles. The Balaban J connectivity index is 1.59. The summed E-state index contributed by atoms with van der Waals surface area (Å²) in [6.07, 6.45) is -60.9. The van der Waals surface area contributed by atoms with E-state index in [1.807, 2.05) is 0 Å². The number of carboxylic acid groups (broad SMARTS) is 2. The van der Waals surface area contributed by atoms with Gasteiger partial charge >= 0.3 is 84.4 Å². The number of methoxy groups -OCH3 is 1. The molecule has 19 N–H and O–H groups in total. The Bertz CT molecular complexity index is 3290. The molecule has 0 aromatic heterocycles. The number of aliphatic hydroxyl groups excluding tert-OH is 6. The van der Waals surface area contributed by atoms with Gasteiger partial charge in [0.15, 0.2) is 62.1 Å². The fourth-order valence-electron chi connectivity index (χ4n) is 8.92. The molecule has 0 radical (unpaired) electrons. The molecule has 0 saturated carbocycles. The van der Waals surface area contributed by atoms with Crippen LogP contribution in [0.4, 0.5) is 0 Å². The Labute approximate surface area is 513 Å². The maximum absolute atomic E-state index is 13.0. The van der Waals surface area contributed by atoms with Crippen molar-refractivity contribution in [1.82, 2.24) is 14.2 Å². The lowest BCUT2D eigenvalue weighted by Gasteiger charge is -2.50. The zero-order valence-corrected chi connectivity index (χ0v) is 50.5. The van der Waals surface area contributed by atoms with Gasteiger partial charge in [0.1, 0.15) is 104 Å². The van der Waals surface area contributed by atoms with Crippen LogP contribution >= 0.6 is 12.3 Å². The van der Waals surface area contributed by atoms with E-state index in [-0.39, 0.29) is 0 Å². The Kier molecular flexibility index (Phi) is 27.4. The molecule has 25 atom stereocenters. The summed E-state index contributed by atoms with van der Waals surface area (Å²) in [5.41, 5.74) is 0. The highest BCUT2D eigenvalue weighted by atomic mass is 32.3. The van der Waals surface area contributed by atoms with Crippen molar-refractivity contribution in [3.63, 3.8) is 0 Å². The molecule has 0 aromatic rings. The van der Waals surface area contributed by atoms with Crippen molar-refractivity contribution in [2.24, 2.45) is 0 Å². The third-order valence-corrected chi connectivity index (χ3v) is 16.3. The molecule has 60 heteroatoms. The second kappa shape index (κ2) is 31.4. The molecule has 52 nitrogen and oxygen atoms in total. The Hall–Kier alpha value is -2.42. The summed E-state index contributed by atoms with van der Waals surface area (Å²) in [6, 6.07) is -7.75. The predicted octanol–water partition coefficient (Wildman–Crippen LogP) is -12.6. The third kappa shape index (κ3) is 23.1. The zero-order valence-electron chi connectivity index (χ0n) is 43.9. The van der Waals surface area contributed by atoms with Crippen molar-refractivity contribution in [1.29, 1.82) is 0 Å². The van der Waals surface area contributed by atoms with Crippen LogP contribution in [0.5, 0.6) is 0 Å². The minimum absolute atomic E-state index is 0.672. The van der Waals surface area contributed by atoms with Gasteiger partial charge in [-0.25, -0.2) is 31.6 Å². The SMILES string of the molecule is CO[C@H]1OC(COS(=O)(=O)O)[C@@H](O[C@@H]2OC(C(=O)O)[C@H](O[C@@H]3OC(COS(=O)(=O)O)[C@@H](O[C@@H]4OC(C(=O)O)[C@@H](O[C@H]5OC(COS(=O)(=O)O)[C@@H](O)[C@H](O)C5NS(=O)(=O)O)[C@H](O)C4O)C(OSOOO)[C@@H]3NS(=O)(=O)O)[C@@H](O)C2OS(=O)(=O)O)C(O)[C@@H]1NS(=O)(=O)O. The number of aliphatic hydroxyl groups is 6. The molecule has 5 fully saturated rings. The molecular weight excluding hydrogens is 1450 g/mol. The smallest absolute Gasteiger partial charge is 0.397 e. The van der Waals surface area contributed by atoms with E-state index in [1.54, 1.807) is 0 Å². The van der Waals surface area contributed by atoms with E-state index >= 15 is 0 Å². The van der Waals surface area contributed by atoms with Crippen LogP contribution in [0.2, 0.25) is 0 Å². The number of nitrogens with one attached hydrogen (secondary N) is 3. The summed E-state index contributed by atoms with van der Waals surface area (Å²) >= 11 is -0.672. The van der Waals surface area contributed by atoms with Gasteiger partial charge in [-0.15, -0.1) is 4.33 Å². The third-order valence-electron chi connectivity index (χ3n) is 12.4. The highest BCUT2D eigenvalue weighted by molar-refractivity contribution is 7.89. The second-order valence-electron chi connectivity index (χ2n) is 18.5. The summed E-state index contributed by atoms with van der Waals surface area (Å²) < 4.78 is 318. The van der Waals surface area contributed by atoms with Crippen LogP contribution in [0.3, 0.4) is 0 Å². The van der Waals surface area contributed by atoms with Crippen LogP contribution in [-0.4, -0.2) is 329 Å². The fraction of sp³-hybridized carbons (Fsp3) is 0.935. The number of hydrogen-bond donors (Lipinski definition) is 19. The molecule has 0 amide bonds. The highest BCUT2D eigenvalue weighted by Crippen LogP contribution is 2.39. The van der Waals surface area contributed by atoms with Gasteiger partial charge < -0.3 is 88.2 Å². The summed E-state index contributed by atoms with van der Waals surface area (Å²) in [5.74, 6) is -4.76. The van der Waals surface area contributed by atoms with Crippen molar-refractivity contribution < 1.29 is 224 Å². The van der Waals surface area contributed by atoms with E-state index in [0.717, 1.165) is 7.11 Å². The first-order valence-corrected chi connectivity index (χ1v) is 34.0. The normalized spacial score (nSPS) is 38.5. The van der Waals surface area contributed by atoms with E-state index in [2.05, 4.69) is 26.1 Å². The minimum atomic E-state index is -6.11. The monoisotopic (exact) mass is 1510 g/mol. The maximum atomic E-state index is 13.0. The van der Waals surface area contributed by atoms with Gasteiger partial charge in [-0.05, 0) is 0 Å². The molecule has 534 valence electrons. The fourth-order valence-corrected chi connectivity index (χ4v) is 12.5. The van der Waals surface area contributed by atoms with Crippen LogP contribution in [-0.2, 0) is 160 Å². The average molecular weight is 1510 g/mol. The number of carboxylic acids is 2. The molecule has 0 aromatic carbocycles. The topological polar surface area (TPSA) is 790 Å². The summed E-state index contributed by atoms with van der Waals surface area (Å²) in [7, 11) is -39.1. The predicted molar refractivity (Wildman–Crippen MR) is 263 cm³/mol. The number of aliphatic carboxylic acids is 2. The van der Waals surface area contributed by atoms with Gasteiger partial charge in [-0.3, -0.25) is 36.1 Å². The lowest BCUT2D eigenvalue weighted by Crippen LogP contribution is -2.71. The first-order valence-electron chi connectivity index (χ1n) is 23.5. The van der Waals surface area contributed by atoms with Crippen LogP contribution < -0.4 is 14.2 Å². The molecule has 5 rings (SSSR count). The summed E-state index contributed by atoms with van der Waals surface area (Å²) in [4.78, 5) is 25.9. The largest absolute Gasteiger partial charge is 0.479 e. The molecule has 5 saturated heterocycles. The van der Waals surface area contributed by atoms with E-state index in [1.165, 1.54) is 14.2 Å². The minimum Gasteiger partial charge on any atom is -0.479 e. The van der Waals surface area contributed by atoms with E-state index in [0.29, 0.717) is 0 Å². The van der Waals surface area contributed by atoms with Crippen molar-refractivity contribution in [2.75, 3.05) is 26.9 Å². The average Bonchev–Trinajstić information content (AvgIpc) is 0.771. The van der Waals surface area contributed by atoms with Crippen molar-refractivity contribution in [2.45, 2.75) is 153 Å². The number of carbonyl (C=O) groups is 2. The lowest BCUT2D eigenvalue weighted by atomic mass is 9.94. The maximum Gasteiger partial charge on any atom is 0.397 e. The first-order chi connectivity index (χ1) is 41.5. The molecule has 0 bridgehead atoms. The molecular formula is C31H53N3O49S8. The first kappa shape index (κ1) is 79.3. The van der Waals surface area contributed by atoms with E-state index < -0.39 is 270 Å².